The molecule has 1 aromatic rings. The predicted octanol–water partition coefficient (Wildman–Crippen LogP) is 6.63. The number of rotatable bonds is 6. The summed E-state index contributed by atoms with van der Waals surface area (Å²) in [6.07, 6.45) is -0.433. The Balaban J connectivity index is 1.99. The normalized spacial score (nSPS) is 30.3. The third-order valence-electron chi connectivity index (χ3n) is 8.43. The van der Waals surface area contributed by atoms with Crippen LogP contribution in [0.15, 0.2) is 30.3 Å². The average Bonchev–Trinajstić information content (AvgIpc) is 3.01. The van der Waals surface area contributed by atoms with Crippen LogP contribution in [0.25, 0.3) is 0 Å². The lowest BCUT2D eigenvalue weighted by Crippen LogP contribution is -2.65. The smallest absolute Gasteiger partial charge is 0.192 e. The molecule has 0 amide bonds. The summed E-state index contributed by atoms with van der Waals surface area (Å²) in [6, 6.07) is 10.6. The van der Waals surface area contributed by atoms with Crippen LogP contribution in [0, 0.1) is 0 Å². The van der Waals surface area contributed by atoms with Crippen molar-refractivity contribution < 1.29 is 18.3 Å². The highest BCUT2D eigenvalue weighted by atomic mass is 28.4. The summed E-state index contributed by atoms with van der Waals surface area (Å²) < 4.78 is 27.0. The second kappa shape index (κ2) is 9.40. The third-order valence-corrected chi connectivity index (χ3v) is 17.4. The Labute approximate surface area is 210 Å². The van der Waals surface area contributed by atoms with E-state index < -0.39 is 22.4 Å². The second-order valence-electron chi connectivity index (χ2n) is 13.6. The lowest BCUT2D eigenvalue weighted by Gasteiger charge is -2.49. The zero-order chi connectivity index (χ0) is 25.7. The molecule has 5 atom stereocenters. The molecule has 2 aliphatic heterocycles. The highest BCUT2D eigenvalue weighted by Crippen LogP contribution is 2.45. The van der Waals surface area contributed by atoms with E-state index in [2.05, 4.69) is 103 Å². The SMILES string of the molecule is CC1(C)O[C@@H]2[C@H](O1)[C@@H](c1ccccc1)N[C@H](CO[Si](C)(C)C(C)(C)C)[C@H]2O[Si](C)(C)C(C)(C)C. The minimum atomic E-state index is -2.07. The molecular formula is C27H49NO4Si2. The van der Waals surface area contributed by atoms with Crippen molar-refractivity contribution in [2.24, 2.45) is 0 Å². The van der Waals surface area contributed by atoms with Gasteiger partial charge in [-0.05, 0) is 55.7 Å². The zero-order valence-electron chi connectivity index (χ0n) is 23.6. The highest BCUT2D eigenvalue weighted by Gasteiger charge is 2.57. The number of benzene rings is 1. The fourth-order valence-corrected chi connectivity index (χ4v) is 6.61. The van der Waals surface area contributed by atoms with E-state index in [9.17, 15) is 0 Å². The molecule has 2 saturated heterocycles. The Morgan fingerprint density at radius 1 is 0.853 bits per heavy atom. The molecule has 3 rings (SSSR count). The Kier molecular flexibility index (Phi) is 7.75. The standard InChI is InChI=1S/C27H49NO4Si2/c1-25(2,3)33(9,10)29-18-20-22(32-34(11,12)26(4,5)6)24-23(30-27(7,8)31-24)21(28-20)19-16-14-13-15-17-19/h13-17,20-24,28H,18H2,1-12H3/t20-,21-,22-,23-,24+/m1/s1. The second-order valence-corrected chi connectivity index (χ2v) is 23.2. The summed E-state index contributed by atoms with van der Waals surface area (Å²) in [6.45, 7) is 27.6. The van der Waals surface area contributed by atoms with Crippen LogP contribution in [0.2, 0.25) is 36.3 Å². The molecule has 0 aromatic heterocycles. The summed E-state index contributed by atoms with van der Waals surface area (Å²) in [5.41, 5.74) is 1.21. The van der Waals surface area contributed by atoms with Crippen LogP contribution in [0.3, 0.4) is 0 Å². The number of nitrogens with one attached hydrogen (secondary N) is 1. The van der Waals surface area contributed by atoms with E-state index in [4.69, 9.17) is 18.3 Å². The first kappa shape index (κ1) is 28.0. The molecule has 2 fully saturated rings. The Hall–Kier alpha value is -0.546. The Bertz CT molecular complexity index is 829. The van der Waals surface area contributed by atoms with Gasteiger partial charge in [0.2, 0.25) is 0 Å². The fraction of sp³-hybridized carbons (Fsp3) is 0.778. The van der Waals surface area contributed by atoms with Crippen molar-refractivity contribution >= 4 is 16.6 Å². The van der Waals surface area contributed by atoms with E-state index in [-0.39, 0.29) is 40.5 Å². The van der Waals surface area contributed by atoms with Gasteiger partial charge in [0, 0.05) is 0 Å². The van der Waals surface area contributed by atoms with Gasteiger partial charge in [0.15, 0.2) is 22.4 Å². The van der Waals surface area contributed by atoms with Crippen molar-refractivity contribution in [2.75, 3.05) is 6.61 Å². The van der Waals surface area contributed by atoms with Crippen molar-refractivity contribution in [1.82, 2.24) is 5.32 Å². The van der Waals surface area contributed by atoms with Crippen LogP contribution in [-0.4, -0.2) is 53.4 Å². The fourth-order valence-electron chi connectivity index (χ4n) is 4.25. The van der Waals surface area contributed by atoms with E-state index >= 15 is 0 Å². The molecule has 5 nitrogen and oxygen atoms in total. The molecule has 0 spiro atoms. The number of piperidine rings is 1. The molecular weight excluding hydrogens is 458 g/mol. The number of fused-ring (bicyclic) bond motifs is 1. The topological polar surface area (TPSA) is 49.0 Å². The zero-order valence-corrected chi connectivity index (χ0v) is 25.6. The first-order chi connectivity index (χ1) is 15.3. The summed E-state index contributed by atoms with van der Waals surface area (Å²) in [7, 11) is -4.01. The maximum Gasteiger partial charge on any atom is 0.192 e. The van der Waals surface area contributed by atoms with Crippen molar-refractivity contribution in [3.8, 4) is 0 Å². The van der Waals surface area contributed by atoms with Crippen LogP contribution >= 0.6 is 0 Å². The number of ether oxygens (including phenoxy) is 2. The van der Waals surface area contributed by atoms with Gasteiger partial charge >= 0.3 is 0 Å². The van der Waals surface area contributed by atoms with Gasteiger partial charge in [-0.1, -0.05) is 71.9 Å². The third kappa shape index (κ3) is 5.88. The van der Waals surface area contributed by atoms with E-state index in [1.54, 1.807) is 0 Å². The van der Waals surface area contributed by atoms with E-state index in [0.717, 1.165) is 0 Å². The monoisotopic (exact) mass is 507 g/mol. The van der Waals surface area contributed by atoms with Gasteiger partial charge in [0.25, 0.3) is 0 Å². The van der Waals surface area contributed by atoms with Gasteiger partial charge in [-0.2, -0.15) is 0 Å². The molecule has 0 bridgehead atoms. The molecule has 1 aromatic carbocycles. The molecule has 2 aliphatic rings. The van der Waals surface area contributed by atoms with Crippen molar-refractivity contribution in [1.29, 1.82) is 0 Å². The van der Waals surface area contributed by atoms with E-state index in [0.29, 0.717) is 6.61 Å². The van der Waals surface area contributed by atoms with Crippen molar-refractivity contribution in [2.45, 2.75) is 128 Å². The maximum atomic E-state index is 7.10. The van der Waals surface area contributed by atoms with Crippen molar-refractivity contribution in [3.05, 3.63) is 35.9 Å². The van der Waals surface area contributed by atoms with Gasteiger partial charge in [-0.3, -0.25) is 0 Å². The first-order valence-corrected chi connectivity index (χ1v) is 18.6. The molecule has 0 saturated carbocycles. The molecule has 34 heavy (non-hydrogen) atoms. The number of hydrogen-bond donors (Lipinski definition) is 1. The average molecular weight is 508 g/mol. The lowest BCUT2D eigenvalue weighted by atomic mass is 9.87. The number of hydrogen-bond acceptors (Lipinski definition) is 5. The van der Waals surface area contributed by atoms with Crippen LogP contribution in [0.4, 0.5) is 0 Å². The summed E-state index contributed by atoms with van der Waals surface area (Å²) in [5, 5.41) is 4.16. The largest absolute Gasteiger partial charge is 0.415 e. The van der Waals surface area contributed by atoms with Gasteiger partial charge in [-0.15, -0.1) is 0 Å². The first-order valence-electron chi connectivity index (χ1n) is 12.8. The lowest BCUT2D eigenvalue weighted by molar-refractivity contribution is -0.153. The Morgan fingerprint density at radius 2 is 1.38 bits per heavy atom. The van der Waals surface area contributed by atoms with Crippen LogP contribution in [0.5, 0.6) is 0 Å². The predicted molar refractivity (Wildman–Crippen MR) is 145 cm³/mol. The summed E-state index contributed by atoms with van der Waals surface area (Å²) in [5.74, 6) is -0.658. The molecule has 0 radical (unpaired) electrons. The minimum absolute atomic E-state index is 0.00667. The molecule has 0 aliphatic carbocycles. The van der Waals surface area contributed by atoms with Gasteiger partial charge in [0.05, 0.1) is 24.8 Å². The van der Waals surface area contributed by atoms with Gasteiger partial charge in [0.1, 0.15) is 12.2 Å². The maximum absolute atomic E-state index is 7.10. The van der Waals surface area contributed by atoms with Crippen LogP contribution in [0.1, 0.15) is 67.0 Å². The highest BCUT2D eigenvalue weighted by molar-refractivity contribution is 6.74. The van der Waals surface area contributed by atoms with E-state index in [1.807, 2.05) is 13.8 Å². The van der Waals surface area contributed by atoms with Crippen LogP contribution < -0.4 is 5.32 Å². The quantitative estimate of drug-likeness (QED) is 0.438. The summed E-state index contributed by atoms with van der Waals surface area (Å²) >= 11 is 0. The molecule has 194 valence electrons. The molecule has 2 heterocycles. The van der Waals surface area contributed by atoms with Crippen LogP contribution in [-0.2, 0) is 18.3 Å². The Morgan fingerprint density at radius 3 is 1.91 bits per heavy atom. The molecule has 0 unspecified atom stereocenters. The molecule has 7 heteroatoms. The molecule has 1 N–H and O–H groups in total. The van der Waals surface area contributed by atoms with E-state index in [1.165, 1.54) is 5.56 Å². The van der Waals surface area contributed by atoms with Crippen molar-refractivity contribution in [3.63, 3.8) is 0 Å². The van der Waals surface area contributed by atoms with Gasteiger partial charge < -0.3 is 23.6 Å². The van der Waals surface area contributed by atoms with Gasteiger partial charge in [-0.25, -0.2) is 0 Å². The minimum Gasteiger partial charge on any atom is -0.415 e. The summed E-state index contributed by atoms with van der Waals surface area (Å²) in [4.78, 5) is 0.